The lowest BCUT2D eigenvalue weighted by Gasteiger charge is -2.21. The number of hydrogen-bond donors (Lipinski definition) is 1. The van der Waals surface area contributed by atoms with Crippen molar-refractivity contribution >= 4 is 5.69 Å². The van der Waals surface area contributed by atoms with Gasteiger partial charge in [-0.2, -0.15) is 0 Å². The third-order valence-corrected chi connectivity index (χ3v) is 5.60. The maximum absolute atomic E-state index is 5.97. The molecule has 3 rings (SSSR count). The number of hydrogen-bond acceptors (Lipinski definition) is 3. The van der Waals surface area contributed by atoms with Gasteiger partial charge in [0.1, 0.15) is 18.1 Å². The van der Waals surface area contributed by atoms with Crippen molar-refractivity contribution in [3.05, 3.63) is 54.1 Å². The standard InChI is InChI=1S/C25H35NO2/c1-20(2)24-10-6-7-11-25(24)28-19-17-26-22-12-14-23(15-13-22)27-18-16-21-8-4-3-5-9-21/h6-7,10-15,20-21,26H,3-5,8-9,16-19H2,1-2H3. The van der Waals surface area contributed by atoms with Crippen molar-refractivity contribution in [3.8, 4) is 11.5 Å². The van der Waals surface area contributed by atoms with Crippen LogP contribution in [0.5, 0.6) is 11.5 Å². The Labute approximate surface area is 170 Å². The Balaban J connectivity index is 1.35. The third-order valence-electron chi connectivity index (χ3n) is 5.60. The Morgan fingerprint density at radius 3 is 2.39 bits per heavy atom. The molecule has 1 aliphatic rings. The molecule has 3 nitrogen and oxygen atoms in total. The number of benzene rings is 2. The van der Waals surface area contributed by atoms with Gasteiger partial charge < -0.3 is 14.8 Å². The quantitative estimate of drug-likeness (QED) is 0.467. The van der Waals surface area contributed by atoms with Crippen LogP contribution in [0.25, 0.3) is 0 Å². The largest absolute Gasteiger partial charge is 0.494 e. The summed E-state index contributed by atoms with van der Waals surface area (Å²) in [6.45, 7) is 6.64. The van der Waals surface area contributed by atoms with Gasteiger partial charge in [0.05, 0.1) is 6.61 Å². The lowest BCUT2D eigenvalue weighted by molar-refractivity contribution is 0.246. The van der Waals surface area contributed by atoms with Gasteiger partial charge in [0.25, 0.3) is 0 Å². The topological polar surface area (TPSA) is 30.5 Å². The van der Waals surface area contributed by atoms with E-state index in [1.165, 1.54) is 44.1 Å². The molecule has 0 bridgehead atoms. The van der Waals surface area contributed by atoms with Crippen molar-refractivity contribution in [3.63, 3.8) is 0 Å². The number of rotatable bonds is 10. The van der Waals surface area contributed by atoms with Gasteiger partial charge in [-0.25, -0.2) is 0 Å². The third kappa shape index (κ3) is 6.47. The first-order chi connectivity index (χ1) is 13.7. The molecule has 0 radical (unpaired) electrons. The minimum absolute atomic E-state index is 0.467. The summed E-state index contributed by atoms with van der Waals surface area (Å²) in [5.74, 6) is 3.29. The van der Waals surface area contributed by atoms with Crippen molar-refractivity contribution < 1.29 is 9.47 Å². The summed E-state index contributed by atoms with van der Waals surface area (Å²) in [7, 11) is 0. The lowest BCUT2D eigenvalue weighted by Crippen LogP contribution is -2.12. The normalized spacial score (nSPS) is 14.8. The predicted octanol–water partition coefficient (Wildman–Crippen LogP) is 6.65. The molecule has 1 N–H and O–H groups in total. The molecule has 2 aromatic rings. The van der Waals surface area contributed by atoms with Crippen LogP contribution < -0.4 is 14.8 Å². The van der Waals surface area contributed by atoms with E-state index < -0.39 is 0 Å². The van der Waals surface area contributed by atoms with Gasteiger partial charge >= 0.3 is 0 Å². The second kappa shape index (κ2) is 11.0. The summed E-state index contributed by atoms with van der Waals surface area (Å²) in [5, 5.41) is 3.42. The predicted molar refractivity (Wildman–Crippen MR) is 118 cm³/mol. The summed E-state index contributed by atoms with van der Waals surface area (Å²) < 4.78 is 11.9. The molecule has 152 valence electrons. The van der Waals surface area contributed by atoms with Crippen LogP contribution in [0.1, 0.15) is 63.9 Å². The highest BCUT2D eigenvalue weighted by molar-refractivity contribution is 5.46. The summed E-state index contributed by atoms with van der Waals surface area (Å²) >= 11 is 0. The van der Waals surface area contributed by atoms with Gasteiger partial charge in [-0.15, -0.1) is 0 Å². The fourth-order valence-corrected chi connectivity index (χ4v) is 3.93. The van der Waals surface area contributed by atoms with E-state index >= 15 is 0 Å². The Kier molecular flexibility index (Phi) is 8.07. The first kappa shape index (κ1) is 20.6. The molecule has 0 unspecified atom stereocenters. The molecule has 1 saturated carbocycles. The Bertz CT molecular complexity index is 690. The maximum atomic E-state index is 5.97. The van der Waals surface area contributed by atoms with E-state index in [-0.39, 0.29) is 0 Å². The SMILES string of the molecule is CC(C)c1ccccc1OCCNc1ccc(OCCC2CCCCC2)cc1. The minimum atomic E-state index is 0.467. The van der Waals surface area contributed by atoms with Gasteiger partial charge in [-0.05, 0) is 54.2 Å². The number of para-hydroxylation sites is 1. The van der Waals surface area contributed by atoms with E-state index in [4.69, 9.17) is 9.47 Å². The summed E-state index contributed by atoms with van der Waals surface area (Å²) in [5.41, 5.74) is 2.36. The molecule has 0 aromatic heterocycles. The monoisotopic (exact) mass is 381 g/mol. The van der Waals surface area contributed by atoms with Crippen molar-refractivity contribution in [1.82, 2.24) is 0 Å². The molecule has 2 aromatic carbocycles. The van der Waals surface area contributed by atoms with Crippen molar-refractivity contribution in [2.24, 2.45) is 5.92 Å². The molecule has 1 fully saturated rings. The highest BCUT2D eigenvalue weighted by atomic mass is 16.5. The average molecular weight is 382 g/mol. The zero-order chi connectivity index (χ0) is 19.6. The van der Waals surface area contributed by atoms with Crippen LogP contribution in [0, 0.1) is 5.92 Å². The molecule has 0 aliphatic heterocycles. The lowest BCUT2D eigenvalue weighted by atomic mass is 9.87. The fraction of sp³-hybridized carbons (Fsp3) is 0.520. The first-order valence-corrected chi connectivity index (χ1v) is 10.9. The van der Waals surface area contributed by atoms with Gasteiger partial charge in [-0.1, -0.05) is 64.2 Å². The molecule has 0 amide bonds. The minimum Gasteiger partial charge on any atom is -0.494 e. The molecule has 1 aliphatic carbocycles. The van der Waals surface area contributed by atoms with Crippen LogP contribution in [0.2, 0.25) is 0 Å². The average Bonchev–Trinajstić information content (AvgIpc) is 2.73. The molecule has 0 heterocycles. The van der Waals surface area contributed by atoms with E-state index in [9.17, 15) is 0 Å². The van der Waals surface area contributed by atoms with Crippen molar-refractivity contribution in [1.29, 1.82) is 0 Å². The summed E-state index contributed by atoms with van der Waals surface area (Å²) in [4.78, 5) is 0. The van der Waals surface area contributed by atoms with E-state index in [1.54, 1.807) is 0 Å². The van der Waals surface area contributed by atoms with Crippen LogP contribution in [0.4, 0.5) is 5.69 Å². The van der Waals surface area contributed by atoms with Gasteiger partial charge in [0.2, 0.25) is 0 Å². The Morgan fingerprint density at radius 2 is 1.64 bits per heavy atom. The number of ether oxygens (including phenoxy) is 2. The zero-order valence-corrected chi connectivity index (χ0v) is 17.5. The van der Waals surface area contributed by atoms with Crippen LogP contribution in [0.3, 0.4) is 0 Å². The highest BCUT2D eigenvalue weighted by Gasteiger charge is 2.13. The maximum Gasteiger partial charge on any atom is 0.122 e. The van der Waals surface area contributed by atoms with E-state index in [1.807, 2.05) is 6.07 Å². The summed E-state index contributed by atoms with van der Waals surface area (Å²) in [6.07, 6.45) is 8.18. The van der Waals surface area contributed by atoms with Crippen LogP contribution in [-0.4, -0.2) is 19.8 Å². The first-order valence-electron chi connectivity index (χ1n) is 10.9. The molecular formula is C25H35NO2. The second-order valence-corrected chi connectivity index (χ2v) is 8.13. The number of nitrogens with one attached hydrogen (secondary N) is 1. The van der Waals surface area contributed by atoms with Gasteiger partial charge in [0, 0.05) is 12.2 Å². The molecule has 0 saturated heterocycles. The van der Waals surface area contributed by atoms with Crippen LogP contribution >= 0.6 is 0 Å². The summed E-state index contributed by atoms with van der Waals surface area (Å²) in [6, 6.07) is 16.6. The molecule has 3 heteroatoms. The number of anilines is 1. The van der Waals surface area contributed by atoms with Crippen LogP contribution in [0.15, 0.2) is 48.5 Å². The van der Waals surface area contributed by atoms with Gasteiger partial charge in [-0.3, -0.25) is 0 Å². The molecular weight excluding hydrogens is 346 g/mol. The smallest absolute Gasteiger partial charge is 0.122 e. The van der Waals surface area contributed by atoms with E-state index in [0.29, 0.717) is 12.5 Å². The Morgan fingerprint density at radius 1 is 0.893 bits per heavy atom. The molecule has 0 spiro atoms. The van der Waals surface area contributed by atoms with E-state index in [2.05, 4.69) is 61.6 Å². The van der Waals surface area contributed by atoms with Crippen LogP contribution in [-0.2, 0) is 0 Å². The van der Waals surface area contributed by atoms with E-state index in [0.717, 1.165) is 36.3 Å². The van der Waals surface area contributed by atoms with Gasteiger partial charge in [0.15, 0.2) is 0 Å². The van der Waals surface area contributed by atoms with Crippen molar-refractivity contribution in [2.45, 2.75) is 58.3 Å². The molecule has 28 heavy (non-hydrogen) atoms. The molecule has 0 atom stereocenters. The zero-order valence-electron chi connectivity index (χ0n) is 17.5. The highest BCUT2D eigenvalue weighted by Crippen LogP contribution is 2.27. The second-order valence-electron chi connectivity index (χ2n) is 8.13. The fourth-order valence-electron chi connectivity index (χ4n) is 3.93. The van der Waals surface area contributed by atoms with Crippen molar-refractivity contribution in [2.75, 3.05) is 25.1 Å². The Hall–Kier alpha value is -2.16.